The van der Waals surface area contributed by atoms with E-state index >= 15 is 0 Å². The number of nitrogens with one attached hydrogen (secondary N) is 2. The van der Waals surface area contributed by atoms with E-state index in [1.54, 1.807) is 0 Å². The van der Waals surface area contributed by atoms with E-state index in [-0.39, 0.29) is 0 Å². The second-order valence-corrected chi connectivity index (χ2v) is 5.13. The van der Waals surface area contributed by atoms with Gasteiger partial charge in [0.15, 0.2) is 5.11 Å². The lowest BCUT2D eigenvalue weighted by atomic mass is 10.1. The number of para-hydroxylation sites is 2. The van der Waals surface area contributed by atoms with Gasteiger partial charge < -0.3 is 15.4 Å². The van der Waals surface area contributed by atoms with Crippen LogP contribution in [0.4, 0.5) is 5.69 Å². The standard InChI is InChI=1S/C17H20N2OS/c1-3-20-16-7-5-4-6-15(16)19-17(21)18-12-14-10-8-13(2)9-11-14/h4-11H,3,12H2,1-2H3,(H2,18,19,21). The molecule has 110 valence electrons. The van der Waals surface area contributed by atoms with Crippen molar-refractivity contribution in [3.8, 4) is 5.75 Å². The maximum atomic E-state index is 5.56. The zero-order chi connectivity index (χ0) is 15.1. The van der Waals surface area contributed by atoms with Gasteiger partial charge in [-0.2, -0.15) is 0 Å². The number of hydrogen-bond acceptors (Lipinski definition) is 2. The van der Waals surface area contributed by atoms with Crippen LogP contribution in [-0.4, -0.2) is 11.7 Å². The summed E-state index contributed by atoms with van der Waals surface area (Å²) in [7, 11) is 0. The van der Waals surface area contributed by atoms with Crippen LogP contribution >= 0.6 is 12.2 Å². The molecule has 0 aliphatic rings. The summed E-state index contributed by atoms with van der Waals surface area (Å²) in [5.41, 5.74) is 3.33. The van der Waals surface area contributed by atoms with Crippen LogP contribution in [0.25, 0.3) is 0 Å². The average Bonchev–Trinajstić information content (AvgIpc) is 2.49. The molecule has 4 heteroatoms. The Kier molecular flexibility index (Phi) is 5.58. The van der Waals surface area contributed by atoms with E-state index in [1.807, 2.05) is 31.2 Å². The topological polar surface area (TPSA) is 33.3 Å². The molecule has 0 atom stereocenters. The summed E-state index contributed by atoms with van der Waals surface area (Å²) < 4.78 is 5.56. The number of rotatable bonds is 5. The lowest BCUT2D eigenvalue weighted by molar-refractivity contribution is 0.342. The van der Waals surface area contributed by atoms with Crippen molar-refractivity contribution in [1.29, 1.82) is 0 Å². The molecule has 0 spiro atoms. The van der Waals surface area contributed by atoms with Crippen LogP contribution in [0, 0.1) is 6.92 Å². The molecule has 0 saturated carbocycles. The molecule has 0 aliphatic heterocycles. The molecule has 0 aliphatic carbocycles. The van der Waals surface area contributed by atoms with Crippen molar-refractivity contribution in [3.05, 3.63) is 59.7 Å². The van der Waals surface area contributed by atoms with E-state index in [2.05, 4.69) is 41.8 Å². The molecular formula is C17H20N2OS. The first kappa shape index (κ1) is 15.3. The number of hydrogen-bond donors (Lipinski definition) is 2. The Bertz CT molecular complexity index is 596. The Balaban J connectivity index is 1.91. The highest BCUT2D eigenvalue weighted by Gasteiger charge is 2.04. The zero-order valence-corrected chi connectivity index (χ0v) is 13.2. The van der Waals surface area contributed by atoms with E-state index in [0.29, 0.717) is 18.3 Å². The lowest BCUT2D eigenvalue weighted by Gasteiger charge is -2.14. The highest BCUT2D eigenvalue weighted by Crippen LogP contribution is 2.23. The van der Waals surface area contributed by atoms with Gasteiger partial charge in [0.1, 0.15) is 5.75 Å². The molecule has 21 heavy (non-hydrogen) atoms. The second-order valence-electron chi connectivity index (χ2n) is 4.72. The minimum Gasteiger partial charge on any atom is -0.492 e. The third-order valence-electron chi connectivity index (χ3n) is 3.01. The van der Waals surface area contributed by atoms with Crippen LogP contribution < -0.4 is 15.4 Å². The summed E-state index contributed by atoms with van der Waals surface area (Å²) in [6.45, 7) is 5.37. The fraction of sp³-hybridized carbons (Fsp3) is 0.235. The molecule has 0 heterocycles. The Morgan fingerprint density at radius 1 is 1.10 bits per heavy atom. The van der Waals surface area contributed by atoms with Gasteiger partial charge in [0.05, 0.1) is 12.3 Å². The number of ether oxygens (including phenoxy) is 1. The van der Waals surface area contributed by atoms with Gasteiger partial charge in [0.2, 0.25) is 0 Å². The van der Waals surface area contributed by atoms with E-state index < -0.39 is 0 Å². The van der Waals surface area contributed by atoms with Gasteiger partial charge in [-0.1, -0.05) is 42.0 Å². The number of anilines is 1. The summed E-state index contributed by atoms with van der Waals surface area (Å²) in [6.07, 6.45) is 0. The van der Waals surface area contributed by atoms with Gasteiger partial charge in [0.25, 0.3) is 0 Å². The first-order chi connectivity index (χ1) is 10.2. The van der Waals surface area contributed by atoms with Crippen LogP contribution in [0.2, 0.25) is 0 Å². The molecule has 0 aromatic heterocycles. The van der Waals surface area contributed by atoms with Gasteiger partial charge in [-0.25, -0.2) is 0 Å². The van der Waals surface area contributed by atoms with Crippen molar-refractivity contribution >= 4 is 23.0 Å². The summed E-state index contributed by atoms with van der Waals surface area (Å²) in [5, 5.41) is 6.96. The smallest absolute Gasteiger partial charge is 0.171 e. The molecule has 0 fully saturated rings. The predicted molar refractivity (Wildman–Crippen MR) is 91.9 cm³/mol. The van der Waals surface area contributed by atoms with Crippen LogP contribution in [-0.2, 0) is 6.54 Å². The Morgan fingerprint density at radius 2 is 1.81 bits per heavy atom. The molecule has 2 rings (SSSR count). The first-order valence-electron chi connectivity index (χ1n) is 7.01. The van der Waals surface area contributed by atoms with E-state index in [1.165, 1.54) is 11.1 Å². The molecule has 2 aromatic rings. The summed E-state index contributed by atoms with van der Waals surface area (Å²) in [4.78, 5) is 0. The molecule has 0 bridgehead atoms. The summed E-state index contributed by atoms with van der Waals surface area (Å²) in [6, 6.07) is 16.2. The van der Waals surface area contributed by atoms with Crippen LogP contribution in [0.5, 0.6) is 5.75 Å². The minimum absolute atomic E-state index is 0.586. The van der Waals surface area contributed by atoms with Gasteiger partial charge >= 0.3 is 0 Å². The third-order valence-corrected chi connectivity index (χ3v) is 3.26. The largest absolute Gasteiger partial charge is 0.492 e. The Hall–Kier alpha value is -2.07. The van der Waals surface area contributed by atoms with E-state index in [4.69, 9.17) is 17.0 Å². The fourth-order valence-corrected chi connectivity index (χ4v) is 2.09. The summed E-state index contributed by atoms with van der Waals surface area (Å²) in [5.74, 6) is 0.805. The van der Waals surface area contributed by atoms with Gasteiger partial charge in [-0.3, -0.25) is 0 Å². The average molecular weight is 300 g/mol. The molecule has 0 amide bonds. The Labute approximate surface area is 131 Å². The molecule has 0 unspecified atom stereocenters. The highest BCUT2D eigenvalue weighted by molar-refractivity contribution is 7.80. The molecule has 0 saturated heterocycles. The van der Waals surface area contributed by atoms with Crippen molar-refractivity contribution in [2.45, 2.75) is 20.4 Å². The van der Waals surface area contributed by atoms with Gasteiger partial charge in [0, 0.05) is 6.54 Å². The normalized spacial score (nSPS) is 10.0. The quantitative estimate of drug-likeness (QED) is 0.821. The molecule has 2 aromatic carbocycles. The monoisotopic (exact) mass is 300 g/mol. The second kappa shape index (κ2) is 7.64. The van der Waals surface area contributed by atoms with Crippen molar-refractivity contribution < 1.29 is 4.74 Å². The van der Waals surface area contributed by atoms with Crippen molar-refractivity contribution in [2.24, 2.45) is 0 Å². The SMILES string of the molecule is CCOc1ccccc1NC(=S)NCc1ccc(C)cc1. The van der Waals surface area contributed by atoms with E-state index in [0.717, 1.165) is 11.4 Å². The highest BCUT2D eigenvalue weighted by atomic mass is 32.1. The third kappa shape index (κ3) is 4.76. The number of aryl methyl sites for hydroxylation is 1. The van der Waals surface area contributed by atoms with Crippen molar-refractivity contribution in [2.75, 3.05) is 11.9 Å². The number of thiocarbonyl (C=S) groups is 1. The first-order valence-corrected chi connectivity index (χ1v) is 7.42. The lowest BCUT2D eigenvalue weighted by Crippen LogP contribution is -2.28. The number of benzene rings is 2. The molecule has 3 nitrogen and oxygen atoms in total. The van der Waals surface area contributed by atoms with Crippen molar-refractivity contribution in [1.82, 2.24) is 5.32 Å². The van der Waals surface area contributed by atoms with Gasteiger partial charge in [-0.05, 0) is 43.8 Å². The molecule has 0 radical (unpaired) electrons. The van der Waals surface area contributed by atoms with E-state index in [9.17, 15) is 0 Å². The Morgan fingerprint density at radius 3 is 2.52 bits per heavy atom. The maximum absolute atomic E-state index is 5.56. The van der Waals surface area contributed by atoms with Gasteiger partial charge in [-0.15, -0.1) is 0 Å². The zero-order valence-electron chi connectivity index (χ0n) is 12.3. The predicted octanol–water partition coefficient (Wildman–Crippen LogP) is 3.88. The summed E-state index contributed by atoms with van der Waals surface area (Å²) >= 11 is 5.33. The van der Waals surface area contributed by atoms with Crippen LogP contribution in [0.15, 0.2) is 48.5 Å². The maximum Gasteiger partial charge on any atom is 0.171 e. The molecular weight excluding hydrogens is 280 g/mol. The fourth-order valence-electron chi connectivity index (χ4n) is 1.91. The van der Waals surface area contributed by atoms with Crippen LogP contribution in [0.3, 0.4) is 0 Å². The van der Waals surface area contributed by atoms with Crippen molar-refractivity contribution in [3.63, 3.8) is 0 Å². The van der Waals surface area contributed by atoms with Crippen LogP contribution in [0.1, 0.15) is 18.1 Å². The molecule has 2 N–H and O–H groups in total. The minimum atomic E-state index is 0.586.